The molecule has 0 radical (unpaired) electrons. The van der Waals surface area contributed by atoms with Crippen LogP contribution in [-0.4, -0.2) is 20.4 Å². The second-order valence-electron chi connectivity index (χ2n) is 8.33. The molecule has 4 nitrogen and oxygen atoms in total. The highest BCUT2D eigenvalue weighted by Gasteiger charge is 2.29. The van der Waals surface area contributed by atoms with Crippen molar-refractivity contribution in [1.82, 2.24) is 14.8 Å². The summed E-state index contributed by atoms with van der Waals surface area (Å²) in [5.41, 5.74) is 5.43. The summed E-state index contributed by atoms with van der Waals surface area (Å²) in [6.45, 7) is 4.19. The van der Waals surface area contributed by atoms with Gasteiger partial charge in [-0.25, -0.2) is 9.67 Å². The summed E-state index contributed by atoms with van der Waals surface area (Å²) in [5, 5.41) is 5.59. The lowest BCUT2D eigenvalue weighted by Crippen LogP contribution is -2.33. The molecule has 1 aliphatic heterocycles. The van der Waals surface area contributed by atoms with Crippen LogP contribution in [0.3, 0.4) is 0 Å². The highest BCUT2D eigenvalue weighted by Crippen LogP contribution is 2.41. The van der Waals surface area contributed by atoms with E-state index in [1.807, 2.05) is 54.7 Å². The van der Waals surface area contributed by atoms with E-state index in [2.05, 4.69) is 25.0 Å². The number of ether oxygens (including phenoxy) is 1. The maximum atomic E-state index is 6.76. The molecule has 2 aromatic carbocycles. The monoisotopic (exact) mass is 449 g/mol. The Balaban J connectivity index is 1.68. The molecule has 3 heterocycles. The molecule has 0 N–H and O–H groups in total. The quantitative estimate of drug-likeness (QED) is 0.337. The summed E-state index contributed by atoms with van der Waals surface area (Å²) in [4.78, 5) is 4.97. The molecule has 0 atom stereocenters. The number of benzene rings is 2. The first-order chi connectivity index (χ1) is 14.9. The van der Waals surface area contributed by atoms with Gasteiger partial charge in [-0.1, -0.05) is 35.3 Å². The fourth-order valence-corrected chi connectivity index (χ4v) is 4.26. The zero-order chi connectivity index (χ0) is 21.6. The molecule has 0 saturated carbocycles. The predicted octanol–water partition coefficient (Wildman–Crippen LogP) is 7.01. The Morgan fingerprint density at radius 3 is 2.52 bits per heavy atom. The number of fused-ring (bicyclic) bond motifs is 1. The fraction of sp³-hybridized carbons (Fsp3) is 0.200. The van der Waals surface area contributed by atoms with Gasteiger partial charge in [-0.05, 0) is 74.7 Å². The summed E-state index contributed by atoms with van der Waals surface area (Å²) in [6, 6.07) is 17.7. The van der Waals surface area contributed by atoms with Gasteiger partial charge >= 0.3 is 0 Å². The molecule has 0 spiro atoms. The van der Waals surface area contributed by atoms with Gasteiger partial charge in [-0.3, -0.25) is 0 Å². The first-order valence-electron chi connectivity index (χ1n) is 10.2. The van der Waals surface area contributed by atoms with Crippen LogP contribution in [-0.2, 0) is 6.42 Å². The topological polar surface area (TPSA) is 39.9 Å². The van der Waals surface area contributed by atoms with E-state index in [0.717, 1.165) is 46.5 Å². The van der Waals surface area contributed by atoms with Gasteiger partial charge < -0.3 is 4.74 Å². The first-order valence-corrected chi connectivity index (χ1v) is 10.9. The van der Waals surface area contributed by atoms with Crippen molar-refractivity contribution in [1.29, 1.82) is 0 Å². The van der Waals surface area contributed by atoms with Crippen molar-refractivity contribution in [2.45, 2.75) is 32.3 Å². The van der Waals surface area contributed by atoms with E-state index in [1.165, 1.54) is 0 Å². The van der Waals surface area contributed by atoms with Gasteiger partial charge in [0, 0.05) is 34.1 Å². The van der Waals surface area contributed by atoms with Crippen molar-refractivity contribution in [3.63, 3.8) is 0 Å². The zero-order valence-electron chi connectivity index (χ0n) is 17.3. The average molecular weight is 450 g/mol. The van der Waals surface area contributed by atoms with Crippen LogP contribution in [0, 0.1) is 0 Å². The Morgan fingerprint density at radius 2 is 1.81 bits per heavy atom. The third kappa shape index (κ3) is 3.93. The van der Waals surface area contributed by atoms with Gasteiger partial charge in [-0.15, -0.1) is 0 Å². The van der Waals surface area contributed by atoms with E-state index in [1.54, 1.807) is 10.9 Å². The Kier molecular flexibility index (Phi) is 4.99. The highest BCUT2D eigenvalue weighted by atomic mass is 35.5. The van der Waals surface area contributed by atoms with Crippen LogP contribution in [0.15, 0.2) is 67.0 Å². The fourth-order valence-electron chi connectivity index (χ4n) is 3.87. The summed E-state index contributed by atoms with van der Waals surface area (Å²) in [7, 11) is 0. The molecule has 5 rings (SSSR count). The predicted molar refractivity (Wildman–Crippen MR) is 125 cm³/mol. The highest BCUT2D eigenvalue weighted by molar-refractivity contribution is 6.33. The van der Waals surface area contributed by atoms with Crippen molar-refractivity contribution in [3.05, 3.63) is 82.6 Å². The molecule has 4 aromatic rings. The largest absolute Gasteiger partial charge is 0.471 e. The third-order valence-corrected chi connectivity index (χ3v) is 6.13. The van der Waals surface area contributed by atoms with Crippen LogP contribution in [0.25, 0.3) is 28.1 Å². The molecular weight excluding hydrogens is 429 g/mol. The Hall–Kier alpha value is -2.82. The average Bonchev–Trinajstić information content (AvgIpc) is 3.28. The molecule has 31 heavy (non-hydrogen) atoms. The van der Waals surface area contributed by atoms with Crippen molar-refractivity contribution in [2.24, 2.45) is 0 Å². The van der Waals surface area contributed by atoms with Crippen LogP contribution in [0.5, 0.6) is 5.88 Å². The number of hydrogen-bond acceptors (Lipinski definition) is 3. The molecular formula is C25H21Cl2N3O. The summed E-state index contributed by atoms with van der Waals surface area (Å²) in [6.07, 6.45) is 5.49. The molecule has 0 amide bonds. The second-order valence-corrected chi connectivity index (χ2v) is 9.18. The van der Waals surface area contributed by atoms with Gasteiger partial charge in [-0.2, -0.15) is 5.10 Å². The lowest BCUT2D eigenvalue weighted by Gasteiger charge is -2.32. The maximum absolute atomic E-state index is 6.76. The Bertz CT molecular complexity index is 1250. The Morgan fingerprint density at radius 1 is 1.00 bits per heavy atom. The van der Waals surface area contributed by atoms with Crippen LogP contribution >= 0.6 is 23.2 Å². The van der Waals surface area contributed by atoms with Crippen molar-refractivity contribution < 1.29 is 4.74 Å². The van der Waals surface area contributed by atoms with E-state index < -0.39 is 0 Å². The number of aromatic nitrogens is 3. The third-order valence-electron chi connectivity index (χ3n) is 5.56. The minimum Gasteiger partial charge on any atom is -0.471 e. The summed E-state index contributed by atoms with van der Waals surface area (Å²) < 4.78 is 8.00. The number of rotatable bonds is 3. The molecule has 0 saturated heterocycles. The normalized spacial score (nSPS) is 14.7. The molecule has 156 valence electrons. The van der Waals surface area contributed by atoms with Gasteiger partial charge in [0.25, 0.3) is 0 Å². The molecule has 1 aliphatic rings. The van der Waals surface area contributed by atoms with E-state index in [4.69, 9.17) is 32.9 Å². The van der Waals surface area contributed by atoms with Gasteiger partial charge in [0.15, 0.2) is 0 Å². The maximum Gasteiger partial charge on any atom is 0.217 e. The van der Waals surface area contributed by atoms with E-state index in [-0.39, 0.29) is 5.60 Å². The second kappa shape index (κ2) is 7.70. The number of aryl methyl sites for hydroxylation is 1. The lowest BCUT2D eigenvalue weighted by atomic mass is 9.92. The zero-order valence-corrected chi connectivity index (χ0v) is 18.8. The first kappa shape index (κ1) is 20.1. The van der Waals surface area contributed by atoms with Gasteiger partial charge in [0.1, 0.15) is 5.60 Å². The SMILES string of the molecule is CC1(C)CCc2cc(-c3ccc(Cl)cc3)c(-c3ccc(-n4cccn4)cc3Cl)nc2O1. The van der Waals surface area contributed by atoms with Crippen LogP contribution in [0.1, 0.15) is 25.8 Å². The molecule has 0 aliphatic carbocycles. The molecule has 2 aromatic heterocycles. The molecule has 0 unspecified atom stereocenters. The van der Waals surface area contributed by atoms with Gasteiger partial charge in [0.2, 0.25) is 5.88 Å². The molecule has 0 fully saturated rings. The number of pyridine rings is 1. The molecule has 0 bridgehead atoms. The number of hydrogen-bond donors (Lipinski definition) is 0. The van der Waals surface area contributed by atoms with Crippen molar-refractivity contribution >= 4 is 23.2 Å². The van der Waals surface area contributed by atoms with E-state index in [9.17, 15) is 0 Å². The summed E-state index contributed by atoms with van der Waals surface area (Å²) in [5.74, 6) is 0.677. The Labute approximate surface area is 191 Å². The minimum absolute atomic E-state index is 0.243. The summed E-state index contributed by atoms with van der Waals surface area (Å²) >= 11 is 12.9. The van der Waals surface area contributed by atoms with Gasteiger partial charge in [0.05, 0.1) is 16.4 Å². The van der Waals surface area contributed by atoms with E-state index >= 15 is 0 Å². The van der Waals surface area contributed by atoms with Crippen molar-refractivity contribution in [3.8, 4) is 34.0 Å². The standard InChI is InChI=1S/C25H21Cl2N3O/c1-25(2)11-10-17-14-21(16-4-6-18(26)7-5-16)23(29-24(17)31-25)20-9-8-19(15-22(20)27)30-13-3-12-28-30/h3-9,12-15H,10-11H2,1-2H3. The van der Waals surface area contributed by atoms with E-state index in [0.29, 0.717) is 15.9 Å². The molecule has 6 heteroatoms. The lowest BCUT2D eigenvalue weighted by molar-refractivity contribution is 0.0785. The van der Waals surface area contributed by atoms with Crippen LogP contribution in [0.4, 0.5) is 0 Å². The van der Waals surface area contributed by atoms with Crippen molar-refractivity contribution in [2.75, 3.05) is 0 Å². The minimum atomic E-state index is -0.243. The number of halogens is 2. The number of nitrogens with zero attached hydrogens (tertiary/aromatic N) is 3. The van der Waals surface area contributed by atoms with Crippen LogP contribution in [0.2, 0.25) is 10.0 Å². The smallest absolute Gasteiger partial charge is 0.217 e. The van der Waals surface area contributed by atoms with Crippen LogP contribution < -0.4 is 4.74 Å².